The number of nitrogens with zero attached hydrogens (tertiary/aromatic N) is 7. The van der Waals surface area contributed by atoms with Crippen molar-refractivity contribution in [3.8, 4) is 0 Å². The fourth-order valence-corrected chi connectivity index (χ4v) is 2.89. The quantitative estimate of drug-likeness (QED) is 0.219. The molecule has 0 bridgehead atoms. The van der Waals surface area contributed by atoms with Crippen LogP contribution in [-0.2, 0) is 10.6 Å². The number of rotatable bonds is 5. The van der Waals surface area contributed by atoms with Crippen LogP contribution in [0.1, 0.15) is 0 Å². The number of nitro groups is 3. The third-order valence-electron chi connectivity index (χ3n) is 4.17. The summed E-state index contributed by atoms with van der Waals surface area (Å²) in [6.45, 7) is -1.14. The lowest BCUT2D eigenvalue weighted by Crippen LogP contribution is -2.66. The molecule has 28 heavy (non-hydrogen) atoms. The van der Waals surface area contributed by atoms with Crippen molar-refractivity contribution in [1.29, 1.82) is 0 Å². The Morgan fingerprint density at radius 2 is 1.89 bits per heavy atom. The largest absolute Gasteiger partial charge is 0.518 e. The lowest BCUT2D eigenvalue weighted by molar-refractivity contribution is -0.777. The summed E-state index contributed by atoms with van der Waals surface area (Å²) in [4.78, 5) is 40.6. The molecular formula is C10H10N8O10. The van der Waals surface area contributed by atoms with Crippen LogP contribution in [0.4, 0.5) is 11.8 Å². The van der Waals surface area contributed by atoms with Gasteiger partial charge in [0.15, 0.2) is 11.6 Å². The second-order valence-electron chi connectivity index (χ2n) is 5.59. The Bertz CT molecular complexity index is 1010. The number of ether oxygens (including phenoxy) is 1. The average molecular weight is 402 g/mol. The minimum Gasteiger partial charge on any atom is -0.394 e. The molecule has 2 aromatic rings. The van der Waals surface area contributed by atoms with E-state index in [-0.39, 0.29) is 4.57 Å². The van der Waals surface area contributed by atoms with E-state index in [1.165, 1.54) is 0 Å². The van der Waals surface area contributed by atoms with Gasteiger partial charge in [0, 0.05) is 0 Å². The van der Waals surface area contributed by atoms with E-state index < -0.39 is 68.1 Å². The highest BCUT2D eigenvalue weighted by Crippen LogP contribution is 2.46. The van der Waals surface area contributed by atoms with Gasteiger partial charge >= 0.3 is 17.5 Å². The Labute approximate surface area is 151 Å². The van der Waals surface area contributed by atoms with Crippen LogP contribution in [0.15, 0.2) is 6.33 Å². The van der Waals surface area contributed by atoms with Crippen molar-refractivity contribution < 1.29 is 34.8 Å². The highest BCUT2D eigenvalue weighted by atomic mass is 16.7. The van der Waals surface area contributed by atoms with Crippen LogP contribution in [0.2, 0.25) is 0 Å². The second kappa shape index (κ2) is 5.95. The molecule has 0 spiro atoms. The molecular weight excluding hydrogens is 392 g/mol. The molecule has 5 N–H and O–H groups in total. The van der Waals surface area contributed by atoms with E-state index in [2.05, 4.69) is 15.0 Å². The minimum absolute atomic E-state index is 0.203. The van der Waals surface area contributed by atoms with Gasteiger partial charge in [0.25, 0.3) is 5.65 Å². The number of aromatic nitrogens is 4. The summed E-state index contributed by atoms with van der Waals surface area (Å²) in [6, 6.07) is 0. The molecule has 3 heterocycles. The number of anilines is 1. The Balaban J connectivity index is 2.42. The topological polar surface area (TPSA) is 269 Å². The highest BCUT2D eigenvalue weighted by Gasteiger charge is 2.86. The van der Waals surface area contributed by atoms with E-state index in [1.807, 2.05) is 0 Å². The van der Waals surface area contributed by atoms with Crippen LogP contribution in [0, 0.1) is 30.3 Å². The Morgan fingerprint density at radius 1 is 1.25 bits per heavy atom. The Kier molecular flexibility index (Phi) is 4.07. The van der Waals surface area contributed by atoms with Gasteiger partial charge in [-0.1, -0.05) is 0 Å². The van der Waals surface area contributed by atoms with E-state index in [4.69, 9.17) is 10.5 Å². The fourth-order valence-electron chi connectivity index (χ4n) is 2.89. The standard InChI is InChI=1S/C10H10N8O10/c11-6-4-7(14-8(13-6)16(22)23)15(2-12-4)10(18(26)27)9(21,17(24)25)5(20)3(1-19)28-10/h2-3,5,19-21H,1H2,(H2,11,13,14)/t3-,5-,9-,10-/m1/s1. The summed E-state index contributed by atoms with van der Waals surface area (Å²) in [5, 5.41) is 64.1. The van der Waals surface area contributed by atoms with Crippen molar-refractivity contribution in [3.63, 3.8) is 0 Å². The molecule has 1 aliphatic heterocycles. The van der Waals surface area contributed by atoms with Crippen LogP contribution in [0.25, 0.3) is 11.2 Å². The number of aliphatic hydroxyl groups is 3. The van der Waals surface area contributed by atoms with Gasteiger partial charge in [0.1, 0.15) is 12.4 Å². The van der Waals surface area contributed by atoms with Crippen molar-refractivity contribution >= 4 is 22.9 Å². The molecule has 0 aliphatic carbocycles. The van der Waals surface area contributed by atoms with Gasteiger partial charge in [-0.2, -0.15) is 4.57 Å². The SMILES string of the molecule is Nc1nc([N+](=O)[O-])nc2c1ncn2[C@]1([N+](=O)[O-])O[C@H](CO)[C@@H](O)[C@]1(O)[N+](=O)[O-]. The molecule has 0 aromatic carbocycles. The molecule has 0 radical (unpaired) electrons. The first-order chi connectivity index (χ1) is 13.0. The zero-order chi connectivity index (χ0) is 21.0. The maximum Gasteiger partial charge on any atom is 0.518 e. The van der Waals surface area contributed by atoms with E-state index >= 15 is 0 Å². The number of nitrogen functional groups attached to an aromatic ring is 1. The monoisotopic (exact) mass is 402 g/mol. The maximum atomic E-state index is 11.9. The zero-order valence-corrected chi connectivity index (χ0v) is 13.3. The molecule has 1 fully saturated rings. The van der Waals surface area contributed by atoms with Crippen LogP contribution in [0.5, 0.6) is 0 Å². The van der Waals surface area contributed by atoms with Gasteiger partial charge < -0.3 is 31.2 Å². The third kappa shape index (κ3) is 2.13. The second-order valence-corrected chi connectivity index (χ2v) is 5.59. The average Bonchev–Trinajstić information content (AvgIpc) is 3.14. The molecule has 2 aromatic heterocycles. The molecule has 0 amide bonds. The van der Waals surface area contributed by atoms with E-state index in [1.54, 1.807) is 0 Å². The number of hydrogen-bond donors (Lipinski definition) is 4. The van der Waals surface area contributed by atoms with Crippen LogP contribution >= 0.6 is 0 Å². The highest BCUT2D eigenvalue weighted by molar-refractivity contribution is 5.82. The summed E-state index contributed by atoms with van der Waals surface area (Å²) in [5.41, 5.74) is 0.475. The summed E-state index contributed by atoms with van der Waals surface area (Å²) in [5.74, 6) is -5.31. The van der Waals surface area contributed by atoms with Crippen molar-refractivity contribution in [1.82, 2.24) is 19.5 Å². The Hall–Kier alpha value is -3.61. The number of aliphatic hydroxyl groups excluding tert-OH is 2. The summed E-state index contributed by atoms with van der Waals surface area (Å²) in [7, 11) is 0. The smallest absolute Gasteiger partial charge is 0.394 e. The predicted octanol–water partition coefficient (Wildman–Crippen LogP) is -3.08. The van der Waals surface area contributed by atoms with Crippen LogP contribution < -0.4 is 5.73 Å². The number of fused-ring (bicyclic) bond motifs is 1. The van der Waals surface area contributed by atoms with E-state index in [9.17, 15) is 45.7 Å². The summed E-state index contributed by atoms with van der Waals surface area (Å²) >= 11 is 0. The number of hydrogen-bond acceptors (Lipinski definition) is 14. The molecule has 4 atom stereocenters. The lowest BCUT2D eigenvalue weighted by atomic mass is 10.0. The molecule has 0 unspecified atom stereocenters. The van der Waals surface area contributed by atoms with Gasteiger partial charge in [-0.25, -0.2) is 4.98 Å². The lowest BCUT2D eigenvalue weighted by Gasteiger charge is -2.26. The van der Waals surface area contributed by atoms with Gasteiger partial charge in [-0.05, 0) is 14.9 Å². The Morgan fingerprint density at radius 3 is 2.39 bits per heavy atom. The van der Waals surface area contributed by atoms with Gasteiger partial charge in [-0.15, -0.1) is 0 Å². The maximum absolute atomic E-state index is 11.9. The van der Waals surface area contributed by atoms with E-state index in [0.29, 0.717) is 6.33 Å². The zero-order valence-electron chi connectivity index (χ0n) is 13.3. The molecule has 150 valence electrons. The third-order valence-corrected chi connectivity index (χ3v) is 4.17. The number of imidazole rings is 1. The normalized spacial score (nSPS) is 29.8. The molecule has 3 rings (SSSR count). The van der Waals surface area contributed by atoms with E-state index in [0.717, 1.165) is 0 Å². The summed E-state index contributed by atoms with van der Waals surface area (Å²) < 4.78 is 5.11. The first-order valence-corrected chi connectivity index (χ1v) is 7.15. The summed E-state index contributed by atoms with van der Waals surface area (Å²) in [6.07, 6.45) is -3.99. The van der Waals surface area contributed by atoms with Crippen molar-refractivity contribution in [2.45, 2.75) is 23.8 Å². The first kappa shape index (κ1) is 19.2. The van der Waals surface area contributed by atoms with Crippen molar-refractivity contribution in [2.24, 2.45) is 0 Å². The van der Waals surface area contributed by atoms with Gasteiger partial charge in [-0.3, -0.25) is 25.0 Å². The minimum atomic E-state index is -3.84. The number of nitrogens with two attached hydrogens (primary N) is 1. The first-order valence-electron chi connectivity index (χ1n) is 7.15. The van der Waals surface area contributed by atoms with Crippen LogP contribution in [0.3, 0.4) is 0 Å². The van der Waals surface area contributed by atoms with Gasteiger partial charge in [0.2, 0.25) is 5.82 Å². The molecule has 18 heteroatoms. The van der Waals surface area contributed by atoms with Crippen molar-refractivity contribution in [2.75, 3.05) is 12.3 Å². The van der Waals surface area contributed by atoms with Gasteiger partial charge in [0.05, 0.1) is 16.5 Å². The molecule has 1 aliphatic rings. The van der Waals surface area contributed by atoms with Crippen molar-refractivity contribution in [3.05, 3.63) is 36.7 Å². The van der Waals surface area contributed by atoms with Crippen LogP contribution in [-0.4, -0.2) is 74.1 Å². The molecule has 1 saturated heterocycles. The molecule has 0 saturated carbocycles. The fraction of sp³-hybridized carbons (Fsp3) is 0.500. The predicted molar refractivity (Wildman–Crippen MR) is 81.3 cm³/mol. The molecule has 18 nitrogen and oxygen atoms in total.